The van der Waals surface area contributed by atoms with Crippen LogP contribution in [0.15, 0.2) is 78.6 Å². The average Bonchev–Trinajstić information content (AvgIpc) is 3.38. The Hall–Kier alpha value is -4.10. The first-order chi connectivity index (χ1) is 18.3. The van der Waals surface area contributed by atoms with Crippen molar-refractivity contribution in [3.05, 3.63) is 95.3 Å². The third-order valence-electron chi connectivity index (χ3n) is 6.54. The Balaban J connectivity index is 1.34. The summed E-state index contributed by atoms with van der Waals surface area (Å²) in [5.74, 6) is 1.45. The van der Waals surface area contributed by atoms with Crippen molar-refractivity contribution < 1.29 is 14.3 Å². The Morgan fingerprint density at radius 3 is 2.45 bits per heavy atom. The van der Waals surface area contributed by atoms with Gasteiger partial charge in [0.05, 0.1) is 18.3 Å². The van der Waals surface area contributed by atoms with Gasteiger partial charge in [0.1, 0.15) is 23.8 Å². The molecule has 1 aromatic heterocycles. The van der Waals surface area contributed by atoms with Crippen LogP contribution >= 0.6 is 12.2 Å². The number of anilines is 1. The van der Waals surface area contributed by atoms with Gasteiger partial charge in [-0.3, -0.25) is 9.69 Å². The number of aryl methyl sites for hydroxylation is 2. The normalized spacial score (nSPS) is 14.6. The van der Waals surface area contributed by atoms with Gasteiger partial charge in [0.2, 0.25) is 0 Å². The zero-order valence-corrected chi connectivity index (χ0v) is 22.8. The zero-order valence-electron chi connectivity index (χ0n) is 22.0. The van der Waals surface area contributed by atoms with Crippen molar-refractivity contribution in [1.29, 1.82) is 0 Å². The molecule has 0 aliphatic carbocycles. The predicted octanol–water partition coefficient (Wildman–Crippen LogP) is 6.39. The number of amides is 1. The summed E-state index contributed by atoms with van der Waals surface area (Å²) < 4.78 is 13.8. The summed E-state index contributed by atoms with van der Waals surface area (Å²) in [6, 6.07) is 21.7. The number of carbonyl (C=O) groups excluding carboxylic acids is 1. The second-order valence-corrected chi connectivity index (χ2v) is 10.1. The van der Waals surface area contributed by atoms with Gasteiger partial charge in [0.15, 0.2) is 5.11 Å². The number of hydrogen-bond donors (Lipinski definition) is 1. The van der Waals surface area contributed by atoms with E-state index in [2.05, 4.69) is 28.2 Å². The Labute approximate surface area is 228 Å². The molecule has 4 aromatic rings. The molecule has 194 valence electrons. The molecule has 0 radical (unpaired) electrons. The minimum atomic E-state index is -0.164. The molecule has 1 N–H and O–H groups in total. The monoisotopic (exact) mass is 525 g/mol. The fourth-order valence-corrected chi connectivity index (χ4v) is 4.81. The van der Waals surface area contributed by atoms with Crippen LogP contribution in [-0.4, -0.2) is 28.3 Å². The Morgan fingerprint density at radius 2 is 1.71 bits per heavy atom. The van der Waals surface area contributed by atoms with E-state index in [1.54, 1.807) is 4.90 Å². The van der Waals surface area contributed by atoms with E-state index in [0.29, 0.717) is 24.0 Å². The number of thiocarbonyl (C=S) groups is 1. The smallest absolute Gasteiger partial charge is 0.281 e. The molecule has 0 unspecified atom stereocenters. The Kier molecular flexibility index (Phi) is 7.20. The second kappa shape index (κ2) is 10.7. The van der Waals surface area contributed by atoms with Crippen LogP contribution in [0.3, 0.4) is 0 Å². The van der Waals surface area contributed by atoms with E-state index in [9.17, 15) is 4.79 Å². The largest absolute Gasteiger partial charge is 0.492 e. The van der Waals surface area contributed by atoms with E-state index in [1.807, 2.05) is 88.4 Å². The van der Waals surface area contributed by atoms with Gasteiger partial charge in [-0.2, -0.15) is 0 Å². The summed E-state index contributed by atoms with van der Waals surface area (Å²) in [5, 5.41) is 4.55. The number of hydrogen-bond acceptors (Lipinski definition) is 4. The molecule has 7 heteroatoms. The highest BCUT2D eigenvalue weighted by Crippen LogP contribution is 2.28. The molecule has 1 amide bonds. The van der Waals surface area contributed by atoms with Crippen LogP contribution in [0.1, 0.15) is 30.5 Å². The Bertz CT molecular complexity index is 1540. The number of carbonyl (C=O) groups is 1. The van der Waals surface area contributed by atoms with Crippen LogP contribution < -0.4 is 19.7 Å². The standard InChI is InChI=1S/C31H31N3O3S/c1-20(2)37-26-13-11-25(12-14-26)36-16-15-33-19-23(27-7-5-6-8-29(27)33)18-28-30(35)34(31(38)32-28)24-10-9-21(3)22(4)17-24/h5-14,17-20H,15-16H2,1-4H3,(H,32,38)/b28-18-. The molecule has 0 saturated carbocycles. The fourth-order valence-electron chi connectivity index (χ4n) is 4.51. The van der Waals surface area contributed by atoms with Crippen LogP contribution in [-0.2, 0) is 11.3 Å². The van der Waals surface area contributed by atoms with Crippen LogP contribution in [0.5, 0.6) is 11.5 Å². The Morgan fingerprint density at radius 1 is 0.974 bits per heavy atom. The zero-order chi connectivity index (χ0) is 26.8. The summed E-state index contributed by atoms with van der Waals surface area (Å²) in [5.41, 5.74) is 5.52. The van der Waals surface area contributed by atoms with Crippen molar-refractivity contribution in [3.63, 3.8) is 0 Å². The highest BCUT2D eigenvalue weighted by atomic mass is 32.1. The van der Waals surface area contributed by atoms with E-state index in [0.717, 1.165) is 39.2 Å². The number of para-hydroxylation sites is 1. The predicted molar refractivity (Wildman–Crippen MR) is 157 cm³/mol. The molecule has 1 aliphatic heterocycles. The lowest BCUT2D eigenvalue weighted by Crippen LogP contribution is -2.30. The lowest BCUT2D eigenvalue weighted by molar-refractivity contribution is -0.113. The molecule has 1 aliphatic rings. The third-order valence-corrected chi connectivity index (χ3v) is 6.83. The highest BCUT2D eigenvalue weighted by molar-refractivity contribution is 7.80. The molecule has 6 nitrogen and oxygen atoms in total. The first-order valence-corrected chi connectivity index (χ1v) is 13.1. The molecule has 3 aromatic carbocycles. The number of nitrogens with zero attached hydrogens (tertiary/aromatic N) is 2. The van der Waals surface area contributed by atoms with Crippen LogP contribution in [0.2, 0.25) is 0 Å². The van der Waals surface area contributed by atoms with Gasteiger partial charge in [-0.05, 0) is 99.6 Å². The van der Waals surface area contributed by atoms with Gasteiger partial charge in [0.25, 0.3) is 5.91 Å². The molecule has 0 spiro atoms. The maximum atomic E-state index is 13.3. The summed E-state index contributed by atoms with van der Waals surface area (Å²) in [6.45, 7) is 9.24. The molecule has 38 heavy (non-hydrogen) atoms. The van der Waals surface area contributed by atoms with Gasteiger partial charge in [-0.1, -0.05) is 24.3 Å². The third kappa shape index (κ3) is 5.29. The minimum Gasteiger partial charge on any atom is -0.492 e. The lowest BCUT2D eigenvalue weighted by atomic mass is 10.1. The van der Waals surface area contributed by atoms with Gasteiger partial charge in [-0.25, -0.2) is 0 Å². The summed E-state index contributed by atoms with van der Waals surface area (Å²) in [6.07, 6.45) is 4.06. The van der Waals surface area contributed by atoms with Crippen molar-refractivity contribution in [2.75, 3.05) is 11.5 Å². The van der Waals surface area contributed by atoms with Crippen molar-refractivity contribution >= 4 is 45.9 Å². The number of rotatable bonds is 8. The lowest BCUT2D eigenvalue weighted by Gasteiger charge is -2.15. The number of fused-ring (bicyclic) bond motifs is 1. The van der Waals surface area contributed by atoms with E-state index in [1.165, 1.54) is 5.56 Å². The van der Waals surface area contributed by atoms with Gasteiger partial charge in [0, 0.05) is 22.7 Å². The maximum absolute atomic E-state index is 13.3. The quantitative estimate of drug-likeness (QED) is 0.214. The van der Waals surface area contributed by atoms with Crippen molar-refractivity contribution in [3.8, 4) is 11.5 Å². The van der Waals surface area contributed by atoms with Gasteiger partial charge < -0.3 is 19.4 Å². The van der Waals surface area contributed by atoms with E-state index in [4.69, 9.17) is 21.7 Å². The molecule has 2 heterocycles. The molecular weight excluding hydrogens is 494 g/mol. The average molecular weight is 526 g/mol. The minimum absolute atomic E-state index is 0.133. The van der Waals surface area contributed by atoms with E-state index in [-0.39, 0.29) is 12.0 Å². The molecular formula is C31H31N3O3S. The first-order valence-electron chi connectivity index (χ1n) is 12.7. The fraction of sp³-hybridized carbons (Fsp3) is 0.226. The molecule has 5 rings (SSSR count). The number of ether oxygens (including phenoxy) is 2. The van der Waals surface area contributed by atoms with E-state index >= 15 is 0 Å². The summed E-state index contributed by atoms with van der Waals surface area (Å²) >= 11 is 5.53. The highest BCUT2D eigenvalue weighted by Gasteiger charge is 2.32. The van der Waals surface area contributed by atoms with Gasteiger partial charge in [-0.15, -0.1) is 0 Å². The topological polar surface area (TPSA) is 55.7 Å². The van der Waals surface area contributed by atoms with Crippen molar-refractivity contribution in [1.82, 2.24) is 9.88 Å². The number of aromatic nitrogens is 1. The first kappa shape index (κ1) is 25.5. The maximum Gasteiger partial charge on any atom is 0.281 e. The molecule has 1 fully saturated rings. The number of nitrogens with one attached hydrogen (secondary N) is 1. The summed E-state index contributed by atoms with van der Waals surface area (Å²) in [4.78, 5) is 14.9. The molecule has 0 atom stereocenters. The number of benzene rings is 3. The SMILES string of the molecule is Cc1ccc(N2C(=O)/C(=C/c3cn(CCOc4ccc(OC(C)C)cc4)c4ccccc34)NC2=S)cc1C. The van der Waals surface area contributed by atoms with E-state index < -0.39 is 0 Å². The summed E-state index contributed by atoms with van der Waals surface area (Å²) in [7, 11) is 0. The van der Waals surface area contributed by atoms with Crippen LogP contribution in [0, 0.1) is 13.8 Å². The molecule has 1 saturated heterocycles. The van der Waals surface area contributed by atoms with Crippen molar-refractivity contribution in [2.24, 2.45) is 0 Å². The van der Waals surface area contributed by atoms with Crippen molar-refractivity contribution in [2.45, 2.75) is 40.3 Å². The molecule has 0 bridgehead atoms. The second-order valence-electron chi connectivity index (χ2n) is 9.68. The van der Waals surface area contributed by atoms with Gasteiger partial charge >= 0.3 is 0 Å². The van der Waals surface area contributed by atoms with Crippen LogP contribution in [0.25, 0.3) is 17.0 Å². The van der Waals surface area contributed by atoms with Crippen LogP contribution in [0.4, 0.5) is 5.69 Å².